The molecule has 1 amide bonds. The van der Waals surface area contributed by atoms with E-state index in [-0.39, 0.29) is 29.1 Å². The number of hydrogen-bond donors (Lipinski definition) is 1. The van der Waals surface area contributed by atoms with Crippen LogP contribution in [-0.4, -0.2) is 35.6 Å². The van der Waals surface area contributed by atoms with E-state index in [2.05, 4.69) is 10.4 Å². The SMILES string of the molecule is Cc1ccc(-c2cc(C(=O)NCc3ccc(Cl)cc3)nn2C2CCS(=O)(=O)C2)cc1. The second kappa shape index (κ2) is 8.24. The van der Waals surface area contributed by atoms with Crippen molar-refractivity contribution in [3.63, 3.8) is 0 Å². The number of rotatable bonds is 5. The molecule has 0 spiro atoms. The maximum Gasteiger partial charge on any atom is 0.272 e. The molecule has 3 aromatic rings. The van der Waals surface area contributed by atoms with Crippen LogP contribution in [0, 0.1) is 6.92 Å². The molecule has 1 aromatic heterocycles. The zero-order valence-corrected chi connectivity index (χ0v) is 18.1. The molecule has 6 nitrogen and oxygen atoms in total. The van der Waals surface area contributed by atoms with E-state index in [1.54, 1.807) is 22.9 Å². The number of carbonyl (C=O) groups excluding carboxylic acids is 1. The van der Waals surface area contributed by atoms with Crippen LogP contribution in [0.5, 0.6) is 0 Å². The van der Waals surface area contributed by atoms with Gasteiger partial charge in [-0.2, -0.15) is 5.10 Å². The quantitative estimate of drug-likeness (QED) is 0.650. The second-order valence-corrected chi connectivity index (χ2v) is 10.3. The van der Waals surface area contributed by atoms with Crippen LogP contribution < -0.4 is 5.32 Å². The molecular weight excluding hydrogens is 422 g/mol. The summed E-state index contributed by atoms with van der Waals surface area (Å²) in [6.45, 7) is 2.35. The number of carbonyl (C=O) groups is 1. The summed E-state index contributed by atoms with van der Waals surface area (Å²) in [6, 6.07) is 16.6. The third-order valence-electron chi connectivity index (χ3n) is 5.24. The highest BCUT2D eigenvalue weighted by Gasteiger charge is 2.32. The number of aromatic nitrogens is 2. The summed E-state index contributed by atoms with van der Waals surface area (Å²) in [7, 11) is -3.08. The molecule has 1 N–H and O–H groups in total. The molecule has 1 atom stereocenters. The van der Waals surface area contributed by atoms with Gasteiger partial charge in [0.1, 0.15) is 0 Å². The highest BCUT2D eigenvalue weighted by Crippen LogP contribution is 2.30. The van der Waals surface area contributed by atoms with Gasteiger partial charge in [-0.25, -0.2) is 8.42 Å². The van der Waals surface area contributed by atoms with Gasteiger partial charge in [0, 0.05) is 11.6 Å². The lowest BCUT2D eigenvalue weighted by Crippen LogP contribution is -2.23. The molecular formula is C22H22ClN3O3S. The fraction of sp³-hybridized carbons (Fsp3) is 0.273. The summed E-state index contributed by atoms with van der Waals surface area (Å²) in [5.41, 5.74) is 3.95. The van der Waals surface area contributed by atoms with Crippen molar-refractivity contribution in [2.75, 3.05) is 11.5 Å². The van der Waals surface area contributed by atoms with E-state index in [1.807, 2.05) is 43.3 Å². The molecule has 0 aliphatic carbocycles. The van der Waals surface area contributed by atoms with E-state index >= 15 is 0 Å². The first kappa shape index (κ1) is 20.6. The van der Waals surface area contributed by atoms with E-state index in [9.17, 15) is 13.2 Å². The molecule has 1 unspecified atom stereocenters. The summed E-state index contributed by atoms with van der Waals surface area (Å²) in [5.74, 6) is -0.125. The van der Waals surface area contributed by atoms with Crippen LogP contribution in [0.4, 0.5) is 0 Å². The van der Waals surface area contributed by atoms with Crippen molar-refractivity contribution in [3.05, 3.63) is 76.4 Å². The van der Waals surface area contributed by atoms with Crippen molar-refractivity contribution in [2.24, 2.45) is 0 Å². The fourth-order valence-electron chi connectivity index (χ4n) is 3.57. The Kier molecular flexibility index (Phi) is 5.66. The van der Waals surface area contributed by atoms with Gasteiger partial charge < -0.3 is 5.32 Å². The summed E-state index contributed by atoms with van der Waals surface area (Å²) in [5, 5.41) is 8.01. The minimum Gasteiger partial charge on any atom is -0.347 e. The molecule has 2 aromatic carbocycles. The Bertz CT molecular complexity index is 1170. The van der Waals surface area contributed by atoms with Crippen molar-refractivity contribution in [3.8, 4) is 11.3 Å². The summed E-state index contributed by atoms with van der Waals surface area (Å²) in [4.78, 5) is 12.7. The smallest absolute Gasteiger partial charge is 0.272 e. The molecule has 156 valence electrons. The monoisotopic (exact) mass is 443 g/mol. The predicted octanol–water partition coefficient (Wildman–Crippen LogP) is 3.80. The molecule has 1 saturated heterocycles. The van der Waals surface area contributed by atoms with E-state index in [0.717, 1.165) is 22.4 Å². The summed E-state index contributed by atoms with van der Waals surface area (Å²) >= 11 is 5.90. The molecule has 2 heterocycles. The number of halogens is 1. The van der Waals surface area contributed by atoms with E-state index in [1.165, 1.54) is 0 Å². The van der Waals surface area contributed by atoms with Crippen molar-refractivity contribution >= 4 is 27.3 Å². The van der Waals surface area contributed by atoms with Gasteiger partial charge >= 0.3 is 0 Å². The Morgan fingerprint density at radius 3 is 2.50 bits per heavy atom. The molecule has 0 saturated carbocycles. The second-order valence-electron chi connectivity index (χ2n) is 7.59. The number of benzene rings is 2. The van der Waals surface area contributed by atoms with Gasteiger partial charge in [-0.3, -0.25) is 9.48 Å². The first-order chi connectivity index (χ1) is 14.3. The van der Waals surface area contributed by atoms with Gasteiger partial charge in [0.05, 0.1) is 23.2 Å². The Hall–Kier alpha value is -2.64. The number of sulfone groups is 1. The number of aryl methyl sites for hydroxylation is 1. The Morgan fingerprint density at radius 1 is 1.17 bits per heavy atom. The molecule has 8 heteroatoms. The number of nitrogens with zero attached hydrogens (tertiary/aromatic N) is 2. The van der Waals surface area contributed by atoms with Gasteiger partial charge in [-0.05, 0) is 42.7 Å². The fourth-order valence-corrected chi connectivity index (χ4v) is 5.39. The largest absolute Gasteiger partial charge is 0.347 e. The zero-order valence-electron chi connectivity index (χ0n) is 16.5. The van der Waals surface area contributed by atoms with E-state index in [4.69, 9.17) is 11.6 Å². The van der Waals surface area contributed by atoms with Crippen molar-refractivity contribution in [2.45, 2.75) is 25.9 Å². The number of hydrogen-bond acceptors (Lipinski definition) is 4. The summed E-state index contributed by atoms with van der Waals surface area (Å²) < 4.78 is 25.7. The highest BCUT2D eigenvalue weighted by atomic mass is 35.5. The lowest BCUT2D eigenvalue weighted by atomic mass is 10.1. The lowest BCUT2D eigenvalue weighted by molar-refractivity contribution is 0.0945. The van der Waals surface area contributed by atoms with Gasteiger partial charge in [0.2, 0.25) is 0 Å². The molecule has 4 rings (SSSR count). The van der Waals surface area contributed by atoms with Crippen LogP contribution in [0.25, 0.3) is 11.3 Å². The van der Waals surface area contributed by atoms with Gasteiger partial charge in [-0.1, -0.05) is 53.6 Å². The van der Waals surface area contributed by atoms with Crippen LogP contribution >= 0.6 is 11.6 Å². The topological polar surface area (TPSA) is 81.1 Å². The van der Waals surface area contributed by atoms with E-state index in [0.29, 0.717) is 18.0 Å². The first-order valence-corrected chi connectivity index (χ1v) is 11.9. The normalized spacial score (nSPS) is 17.7. The molecule has 0 bridgehead atoms. The van der Waals surface area contributed by atoms with Crippen LogP contribution in [0.3, 0.4) is 0 Å². The minimum absolute atomic E-state index is 0.0410. The third kappa shape index (κ3) is 4.57. The van der Waals surface area contributed by atoms with Crippen molar-refractivity contribution in [1.29, 1.82) is 0 Å². The van der Waals surface area contributed by atoms with Crippen LogP contribution in [-0.2, 0) is 16.4 Å². The standard InChI is InChI=1S/C22H22ClN3O3S/c1-15-2-6-17(7-3-15)21-12-20(25-26(21)19-10-11-30(28,29)14-19)22(27)24-13-16-4-8-18(23)9-5-16/h2-9,12,19H,10-11,13-14H2,1H3,(H,24,27). The lowest BCUT2D eigenvalue weighted by Gasteiger charge is -2.13. The Labute approximate surface area is 180 Å². The highest BCUT2D eigenvalue weighted by molar-refractivity contribution is 7.91. The number of amides is 1. The zero-order chi connectivity index (χ0) is 21.3. The number of nitrogens with one attached hydrogen (secondary N) is 1. The molecule has 30 heavy (non-hydrogen) atoms. The van der Waals surface area contributed by atoms with Crippen molar-refractivity contribution < 1.29 is 13.2 Å². The van der Waals surface area contributed by atoms with Gasteiger partial charge in [-0.15, -0.1) is 0 Å². The Morgan fingerprint density at radius 2 is 1.87 bits per heavy atom. The molecule has 1 fully saturated rings. The van der Waals surface area contributed by atoms with Crippen molar-refractivity contribution in [1.82, 2.24) is 15.1 Å². The van der Waals surface area contributed by atoms with Gasteiger partial charge in [0.25, 0.3) is 5.91 Å². The average Bonchev–Trinajstić information content (AvgIpc) is 3.31. The maximum absolute atomic E-state index is 12.7. The van der Waals surface area contributed by atoms with Crippen LogP contribution in [0.1, 0.15) is 34.1 Å². The van der Waals surface area contributed by atoms with Gasteiger partial charge in [0.15, 0.2) is 15.5 Å². The minimum atomic E-state index is -3.08. The molecule has 1 aliphatic heterocycles. The molecule has 1 aliphatic rings. The van der Waals surface area contributed by atoms with Crippen LogP contribution in [0.15, 0.2) is 54.6 Å². The molecule has 0 radical (unpaired) electrons. The Balaban J connectivity index is 1.61. The summed E-state index contributed by atoms with van der Waals surface area (Å²) in [6.07, 6.45) is 0.495. The van der Waals surface area contributed by atoms with E-state index < -0.39 is 9.84 Å². The predicted molar refractivity (Wildman–Crippen MR) is 117 cm³/mol. The first-order valence-electron chi connectivity index (χ1n) is 9.70. The average molecular weight is 444 g/mol. The maximum atomic E-state index is 12.7. The third-order valence-corrected chi connectivity index (χ3v) is 7.24. The van der Waals surface area contributed by atoms with Crippen LogP contribution in [0.2, 0.25) is 5.02 Å².